The van der Waals surface area contributed by atoms with E-state index < -0.39 is 0 Å². The lowest BCUT2D eigenvalue weighted by Gasteiger charge is -2.16. The summed E-state index contributed by atoms with van der Waals surface area (Å²) in [6, 6.07) is 13.1. The number of nitrogens with one attached hydrogen (secondary N) is 1. The van der Waals surface area contributed by atoms with Gasteiger partial charge < -0.3 is 0 Å². The van der Waals surface area contributed by atoms with Gasteiger partial charge in [-0.2, -0.15) is 0 Å². The summed E-state index contributed by atoms with van der Waals surface area (Å²) in [6.45, 7) is 0. The molecular weight excluding hydrogens is 314 g/mol. The summed E-state index contributed by atoms with van der Waals surface area (Å²) in [7, 11) is 0. The van der Waals surface area contributed by atoms with Crippen molar-refractivity contribution >= 4 is 15.9 Å². The van der Waals surface area contributed by atoms with E-state index in [0.29, 0.717) is 17.9 Å². The molecule has 20 heavy (non-hydrogen) atoms. The van der Waals surface area contributed by atoms with E-state index >= 15 is 0 Å². The predicted molar refractivity (Wildman–Crippen MR) is 84.0 cm³/mol. The summed E-state index contributed by atoms with van der Waals surface area (Å²) >= 11 is 3.46. The van der Waals surface area contributed by atoms with E-state index in [-0.39, 0.29) is 0 Å². The second-order valence-electron chi connectivity index (χ2n) is 5.41. The number of rotatable bonds is 5. The summed E-state index contributed by atoms with van der Waals surface area (Å²) < 4.78 is 1.01. The Balaban J connectivity index is 1.67. The molecule has 0 bridgehead atoms. The zero-order valence-electron chi connectivity index (χ0n) is 11.2. The summed E-state index contributed by atoms with van der Waals surface area (Å²) in [6.07, 6.45) is 5.84. The number of halogens is 1. The van der Waals surface area contributed by atoms with Crippen molar-refractivity contribution in [2.24, 2.45) is 11.8 Å². The maximum Gasteiger partial charge on any atom is 0.0410 e. The van der Waals surface area contributed by atoms with Crippen LogP contribution in [0.15, 0.2) is 53.3 Å². The normalized spacial score (nSPS) is 22.5. The van der Waals surface area contributed by atoms with Crippen LogP contribution < -0.4 is 11.3 Å². The van der Waals surface area contributed by atoms with Gasteiger partial charge in [0, 0.05) is 22.9 Å². The van der Waals surface area contributed by atoms with Crippen molar-refractivity contribution in [1.82, 2.24) is 10.4 Å². The minimum Gasteiger partial charge on any atom is -0.271 e. The van der Waals surface area contributed by atoms with Crippen molar-refractivity contribution in [3.8, 4) is 0 Å². The molecule has 0 amide bonds. The van der Waals surface area contributed by atoms with E-state index in [1.165, 1.54) is 17.5 Å². The van der Waals surface area contributed by atoms with Crippen LogP contribution in [0.4, 0.5) is 0 Å². The minimum absolute atomic E-state index is 0.302. The van der Waals surface area contributed by atoms with Gasteiger partial charge in [0.15, 0.2) is 0 Å². The van der Waals surface area contributed by atoms with Crippen molar-refractivity contribution in [3.63, 3.8) is 0 Å². The van der Waals surface area contributed by atoms with Gasteiger partial charge in [0.1, 0.15) is 0 Å². The fourth-order valence-electron chi connectivity index (χ4n) is 2.90. The van der Waals surface area contributed by atoms with E-state index in [4.69, 9.17) is 5.84 Å². The van der Waals surface area contributed by atoms with Crippen molar-refractivity contribution < 1.29 is 0 Å². The van der Waals surface area contributed by atoms with Crippen LogP contribution in [-0.2, 0) is 6.42 Å². The second-order valence-corrected chi connectivity index (χ2v) is 6.32. The van der Waals surface area contributed by atoms with Gasteiger partial charge in [-0.15, -0.1) is 0 Å². The Morgan fingerprint density at radius 1 is 1.30 bits per heavy atom. The average Bonchev–Trinajstić information content (AvgIpc) is 3.26. The Hall–Kier alpha value is -1.23. The molecule has 1 heterocycles. The van der Waals surface area contributed by atoms with Crippen LogP contribution >= 0.6 is 15.9 Å². The van der Waals surface area contributed by atoms with Crippen molar-refractivity contribution in [1.29, 1.82) is 0 Å². The predicted octanol–water partition coefficient (Wildman–Crippen LogP) is 3.02. The summed E-state index contributed by atoms with van der Waals surface area (Å²) in [5.41, 5.74) is 5.62. The van der Waals surface area contributed by atoms with Gasteiger partial charge >= 0.3 is 0 Å². The molecule has 3 rings (SSSR count). The van der Waals surface area contributed by atoms with Crippen molar-refractivity contribution in [2.45, 2.75) is 24.8 Å². The van der Waals surface area contributed by atoms with Gasteiger partial charge in [-0.1, -0.05) is 30.3 Å². The number of hydrogen-bond acceptors (Lipinski definition) is 3. The monoisotopic (exact) mass is 331 g/mol. The van der Waals surface area contributed by atoms with Gasteiger partial charge in [0.2, 0.25) is 0 Å². The maximum atomic E-state index is 5.76. The molecule has 0 radical (unpaired) electrons. The standard InChI is InChI=1S/C16H18BrN3/c17-13-6-11(9-19-10-13)7-16(20-18)15-8-14(15)12-4-2-1-3-5-12/h1-6,9-10,14-16,20H,7-8,18H2. The lowest BCUT2D eigenvalue weighted by molar-refractivity contribution is 0.464. The molecule has 0 saturated heterocycles. The Bertz CT molecular complexity index is 573. The molecule has 1 aromatic carbocycles. The van der Waals surface area contributed by atoms with Crippen LogP contribution in [-0.4, -0.2) is 11.0 Å². The van der Waals surface area contributed by atoms with E-state index in [1.54, 1.807) is 6.20 Å². The highest BCUT2D eigenvalue weighted by Gasteiger charge is 2.43. The van der Waals surface area contributed by atoms with E-state index in [0.717, 1.165) is 10.9 Å². The smallest absolute Gasteiger partial charge is 0.0410 e. The van der Waals surface area contributed by atoms with Gasteiger partial charge in [-0.3, -0.25) is 16.3 Å². The highest BCUT2D eigenvalue weighted by molar-refractivity contribution is 9.10. The zero-order chi connectivity index (χ0) is 13.9. The minimum atomic E-state index is 0.302. The molecule has 1 fully saturated rings. The quantitative estimate of drug-likeness (QED) is 0.654. The number of pyridine rings is 1. The first-order valence-electron chi connectivity index (χ1n) is 6.88. The molecule has 1 saturated carbocycles. The molecule has 1 aromatic heterocycles. The average molecular weight is 332 g/mol. The molecule has 1 aliphatic carbocycles. The van der Waals surface area contributed by atoms with E-state index in [9.17, 15) is 0 Å². The fourth-order valence-corrected chi connectivity index (χ4v) is 3.31. The lowest BCUT2D eigenvalue weighted by Crippen LogP contribution is -2.38. The SMILES string of the molecule is NNC(Cc1cncc(Br)c1)C1CC1c1ccccc1. The molecule has 104 valence electrons. The van der Waals surface area contributed by atoms with Crippen LogP contribution in [0.3, 0.4) is 0 Å². The summed E-state index contributed by atoms with van der Waals surface area (Å²) in [5.74, 6) is 7.01. The lowest BCUT2D eigenvalue weighted by atomic mass is 10.0. The Morgan fingerprint density at radius 3 is 2.80 bits per heavy atom. The maximum absolute atomic E-state index is 5.76. The molecule has 2 aromatic rings. The van der Waals surface area contributed by atoms with Crippen LogP contribution in [0.1, 0.15) is 23.5 Å². The molecular formula is C16H18BrN3. The largest absolute Gasteiger partial charge is 0.271 e. The number of nitrogens with zero attached hydrogens (tertiary/aromatic N) is 1. The Morgan fingerprint density at radius 2 is 2.10 bits per heavy atom. The van der Waals surface area contributed by atoms with Gasteiger partial charge in [-0.05, 0) is 57.8 Å². The first-order chi connectivity index (χ1) is 9.78. The number of aromatic nitrogens is 1. The topological polar surface area (TPSA) is 50.9 Å². The summed E-state index contributed by atoms with van der Waals surface area (Å²) in [4.78, 5) is 4.21. The molecule has 1 aliphatic rings. The first-order valence-corrected chi connectivity index (χ1v) is 7.67. The van der Waals surface area contributed by atoms with Crippen LogP contribution in [0.5, 0.6) is 0 Å². The Labute approximate surface area is 127 Å². The van der Waals surface area contributed by atoms with Crippen molar-refractivity contribution in [2.75, 3.05) is 0 Å². The van der Waals surface area contributed by atoms with Crippen LogP contribution in [0, 0.1) is 5.92 Å². The first kappa shape index (κ1) is 13.7. The van der Waals surface area contributed by atoms with Crippen LogP contribution in [0.2, 0.25) is 0 Å². The Kier molecular flexibility index (Phi) is 4.15. The molecule has 3 unspecified atom stereocenters. The third-order valence-corrected chi connectivity index (χ3v) is 4.45. The summed E-state index contributed by atoms with van der Waals surface area (Å²) in [5, 5.41) is 0. The number of benzene rings is 1. The fraction of sp³-hybridized carbons (Fsp3) is 0.312. The number of nitrogens with two attached hydrogens (primary N) is 1. The van der Waals surface area contributed by atoms with E-state index in [2.05, 4.69) is 62.7 Å². The highest BCUT2D eigenvalue weighted by atomic mass is 79.9. The van der Waals surface area contributed by atoms with Crippen LogP contribution in [0.25, 0.3) is 0 Å². The third-order valence-electron chi connectivity index (χ3n) is 4.02. The molecule has 3 nitrogen and oxygen atoms in total. The molecule has 0 spiro atoms. The highest BCUT2D eigenvalue weighted by Crippen LogP contribution is 2.49. The van der Waals surface area contributed by atoms with Gasteiger partial charge in [0.25, 0.3) is 0 Å². The molecule has 0 aliphatic heterocycles. The van der Waals surface area contributed by atoms with Crippen molar-refractivity contribution in [3.05, 3.63) is 64.4 Å². The third kappa shape index (κ3) is 3.08. The second kappa shape index (κ2) is 6.04. The zero-order valence-corrected chi connectivity index (χ0v) is 12.8. The molecule has 3 atom stereocenters. The number of hydrogen-bond donors (Lipinski definition) is 2. The number of hydrazine groups is 1. The van der Waals surface area contributed by atoms with E-state index in [1.807, 2.05) is 6.20 Å². The van der Waals surface area contributed by atoms with Gasteiger partial charge in [-0.25, -0.2) is 0 Å². The van der Waals surface area contributed by atoms with Gasteiger partial charge in [0.05, 0.1) is 0 Å². The molecule has 4 heteroatoms. The molecule has 3 N–H and O–H groups in total.